The van der Waals surface area contributed by atoms with Crippen molar-refractivity contribution in [2.45, 2.75) is 19.3 Å². The van der Waals surface area contributed by atoms with Crippen molar-refractivity contribution in [3.63, 3.8) is 0 Å². The number of nitrogens with two attached hydrogens (primary N) is 1. The average Bonchev–Trinajstić information content (AvgIpc) is 2.27. The van der Waals surface area contributed by atoms with E-state index in [9.17, 15) is 18.0 Å². The molecule has 0 spiro atoms. The lowest BCUT2D eigenvalue weighted by molar-refractivity contribution is -0.184. The third-order valence-corrected chi connectivity index (χ3v) is 2.34. The summed E-state index contributed by atoms with van der Waals surface area (Å²) in [6.07, 6.45) is -4.84. The molecule has 0 bridgehead atoms. The fraction of sp³-hybridized carbons (Fsp3) is 0.364. The van der Waals surface area contributed by atoms with Crippen molar-refractivity contribution >= 4 is 5.91 Å². The minimum Gasteiger partial charge on any atom is -0.334 e. The van der Waals surface area contributed by atoms with E-state index < -0.39 is 12.1 Å². The van der Waals surface area contributed by atoms with Crippen LogP contribution in [0.15, 0.2) is 24.3 Å². The van der Waals surface area contributed by atoms with Gasteiger partial charge in [0.25, 0.3) is 0 Å². The summed E-state index contributed by atoms with van der Waals surface area (Å²) in [5.74, 6) is -1.86. The molecule has 0 atom stereocenters. The quantitative estimate of drug-likeness (QED) is 0.881. The summed E-state index contributed by atoms with van der Waals surface area (Å²) in [6.45, 7) is 0.121. The number of carbonyl (C=O) groups excluding carboxylic acids is 1. The summed E-state index contributed by atoms with van der Waals surface area (Å²) in [5.41, 5.74) is 6.81. The van der Waals surface area contributed by atoms with Gasteiger partial charge < -0.3 is 10.6 Å². The highest BCUT2D eigenvalue weighted by Crippen LogP contribution is 2.19. The van der Waals surface area contributed by atoms with Crippen LogP contribution in [-0.4, -0.2) is 24.0 Å². The molecule has 1 aromatic rings. The Kier molecular flexibility index (Phi) is 4.11. The molecule has 0 unspecified atom stereocenters. The second kappa shape index (κ2) is 5.18. The second-order valence-electron chi connectivity index (χ2n) is 3.63. The van der Waals surface area contributed by atoms with E-state index in [1.807, 2.05) is 0 Å². The first-order valence-electron chi connectivity index (χ1n) is 4.95. The number of amides is 1. The van der Waals surface area contributed by atoms with Crippen LogP contribution in [0.2, 0.25) is 0 Å². The maximum atomic E-state index is 12.2. The van der Waals surface area contributed by atoms with Gasteiger partial charge in [-0.25, -0.2) is 0 Å². The van der Waals surface area contributed by atoms with Gasteiger partial charge in [-0.1, -0.05) is 24.3 Å². The number of carbonyl (C=O) groups is 1. The summed E-state index contributed by atoms with van der Waals surface area (Å²) < 4.78 is 36.5. The molecule has 0 aliphatic heterocycles. The topological polar surface area (TPSA) is 46.3 Å². The average molecular weight is 246 g/mol. The predicted octanol–water partition coefficient (Wildman–Crippen LogP) is 1.67. The molecule has 0 fully saturated rings. The van der Waals surface area contributed by atoms with Gasteiger partial charge in [0, 0.05) is 20.1 Å². The molecule has 2 N–H and O–H groups in total. The Labute approximate surface area is 97.0 Å². The van der Waals surface area contributed by atoms with E-state index in [2.05, 4.69) is 0 Å². The maximum absolute atomic E-state index is 12.2. The largest absolute Gasteiger partial charge is 0.471 e. The van der Waals surface area contributed by atoms with Crippen LogP contribution in [-0.2, 0) is 17.9 Å². The molecule has 0 heterocycles. The summed E-state index contributed by atoms with van der Waals surface area (Å²) in [5, 5.41) is 0. The van der Waals surface area contributed by atoms with E-state index in [0.29, 0.717) is 10.5 Å². The molecular formula is C11H13F3N2O. The zero-order valence-electron chi connectivity index (χ0n) is 9.29. The highest BCUT2D eigenvalue weighted by molar-refractivity contribution is 5.81. The smallest absolute Gasteiger partial charge is 0.334 e. The molecule has 1 rings (SSSR count). The maximum Gasteiger partial charge on any atom is 0.471 e. The lowest BCUT2D eigenvalue weighted by Gasteiger charge is -2.20. The lowest BCUT2D eigenvalue weighted by Crippen LogP contribution is -2.38. The third kappa shape index (κ3) is 3.45. The fourth-order valence-corrected chi connectivity index (χ4v) is 1.45. The predicted molar refractivity (Wildman–Crippen MR) is 56.9 cm³/mol. The standard InChI is InChI=1S/C11H13F3N2O/c1-16(10(17)11(12,13)14)7-9-5-3-2-4-8(9)6-15/h2-5H,6-7,15H2,1H3. The van der Waals surface area contributed by atoms with Crippen molar-refractivity contribution in [2.24, 2.45) is 5.73 Å². The van der Waals surface area contributed by atoms with Crippen LogP contribution in [0.4, 0.5) is 13.2 Å². The van der Waals surface area contributed by atoms with Gasteiger partial charge in [-0.05, 0) is 11.1 Å². The van der Waals surface area contributed by atoms with Crippen LogP contribution in [0, 0.1) is 0 Å². The fourth-order valence-electron chi connectivity index (χ4n) is 1.45. The Balaban J connectivity index is 2.81. The first-order chi connectivity index (χ1) is 7.86. The summed E-state index contributed by atoms with van der Waals surface area (Å²) >= 11 is 0. The summed E-state index contributed by atoms with van der Waals surface area (Å²) in [4.78, 5) is 11.6. The minimum absolute atomic E-state index is 0.105. The number of nitrogens with zero attached hydrogens (tertiary/aromatic N) is 1. The number of alkyl halides is 3. The first-order valence-corrected chi connectivity index (χ1v) is 4.95. The summed E-state index contributed by atoms with van der Waals surface area (Å²) in [7, 11) is 1.11. The van der Waals surface area contributed by atoms with Gasteiger partial charge >= 0.3 is 12.1 Å². The molecule has 1 aromatic carbocycles. The van der Waals surface area contributed by atoms with Gasteiger partial charge in [0.15, 0.2) is 0 Å². The van der Waals surface area contributed by atoms with Gasteiger partial charge in [0.05, 0.1) is 0 Å². The molecule has 94 valence electrons. The Morgan fingerprint density at radius 3 is 2.29 bits per heavy atom. The van der Waals surface area contributed by atoms with E-state index in [1.165, 1.54) is 0 Å². The van der Waals surface area contributed by atoms with Crippen molar-refractivity contribution < 1.29 is 18.0 Å². The second-order valence-corrected chi connectivity index (χ2v) is 3.63. The van der Waals surface area contributed by atoms with Crippen LogP contribution < -0.4 is 5.73 Å². The lowest BCUT2D eigenvalue weighted by atomic mass is 10.1. The van der Waals surface area contributed by atoms with Gasteiger partial charge in [0.1, 0.15) is 0 Å². The molecular weight excluding hydrogens is 233 g/mol. The molecule has 17 heavy (non-hydrogen) atoms. The van der Waals surface area contributed by atoms with E-state index in [0.717, 1.165) is 12.6 Å². The molecule has 0 aliphatic rings. The van der Waals surface area contributed by atoms with Crippen LogP contribution >= 0.6 is 0 Å². The highest BCUT2D eigenvalue weighted by Gasteiger charge is 2.41. The van der Waals surface area contributed by atoms with E-state index in [4.69, 9.17) is 5.73 Å². The van der Waals surface area contributed by atoms with Crippen molar-refractivity contribution in [2.75, 3.05) is 7.05 Å². The Hall–Kier alpha value is -1.56. The van der Waals surface area contributed by atoms with Gasteiger partial charge in [0.2, 0.25) is 0 Å². The van der Waals surface area contributed by atoms with Crippen molar-refractivity contribution in [1.82, 2.24) is 4.90 Å². The van der Waals surface area contributed by atoms with Crippen LogP contribution in [0.1, 0.15) is 11.1 Å². The number of rotatable bonds is 3. The molecule has 0 radical (unpaired) electrons. The Morgan fingerprint density at radius 2 is 1.82 bits per heavy atom. The van der Waals surface area contributed by atoms with Gasteiger partial charge in [-0.15, -0.1) is 0 Å². The Bertz CT molecular complexity index is 404. The van der Waals surface area contributed by atoms with Crippen LogP contribution in [0.25, 0.3) is 0 Å². The normalized spacial score (nSPS) is 11.4. The molecule has 0 saturated heterocycles. The molecule has 0 aromatic heterocycles. The van der Waals surface area contributed by atoms with E-state index in [1.54, 1.807) is 24.3 Å². The van der Waals surface area contributed by atoms with Crippen molar-refractivity contribution in [3.05, 3.63) is 35.4 Å². The van der Waals surface area contributed by atoms with Gasteiger partial charge in [-0.2, -0.15) is 13.2 Å². The van der Waals surface area contributed by atoms with Crippen LogP contribution in [0.3, 0.4) is 0 Å². The van der Waals surface area contributed by atoms with Crippen molar-refractivity contribution in [1.29, 1.82) is 0 Å². The number of halogens is 3. The zero-order chi connectivity index (χ0) is 13.1. The van der Waals surface area contributed by atoms with E-state index >= 15 is 0 Å². The molecule has 1 amide bonds. The van der Waals surface area contributed by atoms with Crippen molar-refractivity contribution in [3.8, 4) is 0 Å². The van der Waals surface area contributed by atoms with Crippen LogP contribution in [0.5, 0.6) is 0 Å². The number of hydrogen-bond acceptors (Lipinski definition) is 2. The highest BCUT2D eigenvalue weighted by atomic mass is 19.4. The van der Waals surface area contributed by atoms with Gasteiger partial charge in [-0.3, -0.25) is 4.79 Å². The first kappa shape index (κ1) is 13.5. The Morgan fingerprint density at radius 1 is 1.29 bits per heavy atom. The number of benzene rings is 1. The molecule has 0 saturated carbocycles. The third-order valence-electron chi connectivity index (χ3n) is 2.34. The number of hydrogen-bond donors (Lipinski definition) is 1. The molecule has 3 nitrogen and oxygen atoms in total. The summed E-state index contributed by atoms with van der Waals surface area (Å²) in [6, 6.07) is 6.82. The SMILES string of the molecule is CN(Cc1ccccc1CN)C(=O)C(F)(F)F. The molecule has 0 aliphatic carbocycles. The molecule has 6 heteroatoms. The monoisotopic (exact) mass is 246 g/mol. The zero-order valence-corrected chi connectivity index (χ0v) is 9.29. The van der Waals surface area contributed by atoms with E-state index in [-0.39, 0.29) is 13.1 Å². The minimum atomic E-state index is -4.84.